The first-order valence-corrected chi connectivity index (χ1v) is 11.0. The molecule has 0 aliphatic carbocycles. The van der Waals surface area contributed by atoms with Crippen molar-refractivity contribution in [2.45, 2.75) is 44.4 Å². The van der Waals surface area contributed by atoms with Crippen LogP contribution in [0.25, 0.3) is 0 Å². The molecule has 2 saturated heterocycles. The van der Waals surface area contributed by atoms with Crippen molar-refractivity contribution in [2.24, 2.45) is 0 Å². The second-order valence-corrected chi connectivity index (χ2v) is 7.88. The number of nitrogens with one attached hydrogen (secondary N) is 2. The molecule has 2 fully saturated rings. The quantitative estimate of drug-likeness (QED) is 0.427. The van der Waals surface area contributed by atoms with Crippen molar-refractivity contribution in [2.75, 3.05) is 38.3 Å². The maximum atomic E-state index is 13.0. The van der Waals surface area contributed by atoms with Crippen molar-refractivity contribution < 1.29 is 33.4 Å². The monoisotopic (exact) mass is 445 g/mol. The first-order valence-electron chi connectivity index (χ1n) is 11.0. The van der Waals surface area contributed by atoms with Gasteiger partial charge >= 0.3 is 0 Å². The molecule has 2 unspecified atom stereocenters. The highest BCUT2D eigenvalue weighted by molar-refractivity contribution is 6.25. The lowest BCUT2D eigenvalue weighted by molar-refractivity contribution is -0.168. The zero-order valence-electron chi connectivity index (χ0n) is 17.8. The van der Waals surface area contributed by atoms with Gasteiger partial charge in [-0.05, 0) is 37.8 Å². The van der Waals surface area contributed by atoms with E-state index in [0.717, 1.165) is 30.8 Å². The van der Waals surface area contributed by atoms with Crippen LogP contribution in [-0.4, -0.2) is 73.8 Å². The fourth-order valence-corrected chi connectivity index (χ4v) is 4.10. The van der Waals surface area contributed by atoms with E-state index in [0.29, 0.717) is 32.1 Å². The van der Waals surface area contributed by atoms with Gasteiger partial charge < -0.3 is 19.5 Å². The van der Waals surface area contributed by atoms with E-state index in [9.17, 15) is 19.2 Å². The molecule has 0 radical (unpaired) electrons. The van der Waals surface area contributed by atoms with Crippen LogP contribution in [0.1, 0.15) is 52.8 Å². The smallest absolute Gasteiger partial charge is 0.264 e. The number of hydrogen-bond acceptors (Lipinski definition) is 8. The van der Waals surface area contributed by atoms with E-state index < -0.39 is 29.7 Å². The Balaban J connectivity index is 1.28. The van der Waals surface area contributed by atoms with Crippen LogP contribution in [0.5, 0.6) is 0 Å². The lowest BCUT2D eigenvalue weighted by Gasteiger charge is -2.27. The molecule has 3 aliphatic heterocycles. The van der Waals surface area contributed by atoms with Crippen LogP contribution < -0.4 is 10.6 Å². The van der Waals surface area contributed by atoms with E-state index in [1.807, 2.05) is 0 Å². The number of nitrogens with zero attached hydrogens (tertiary/aromatic N) is 1. The van der Waals surface area contributed by atoms with Gasteiger partial charge in [-0.15, -0.1) is 0 Å². The molecule has 0 bridgehead atoms. The van der Waals surface area contributed by atoms with E-state index in [1.165, 1.54) is 0 Å². The van der Waals surface area contributed by atoms with Crippen molar-refractivity contribution in [1.29, 1.82) is 0 Å². The summed E-state index contributed by atoms with van der Waals surface area (Å²) in [6, 6.07) is 3.97. The largest absolute Gasteiger partial charge is 0.382 e. The fourth-order valence-electron chi connectivity index (χ4n) is 4.10. The summed E-state index contributed by atoms with van der Waals surface area (Å²) in [6.45, 7) is 2.42. The van der Waals surface area contributed by atoms with Crippen LogP contribution in [0.4, 0.5) is 5.69 Å². The van der Waals surface area contributed by atoms with E-state index >= 15 is 0 Å². The van der Waals surface area contributed by atoms with Crippen LogP contribution in [0, 0.1) is 0 Å². The highest BCUT2D eigenvalue weighted by atomic mass is 16.7. The average molecular weight is 445 g/mol. The maximum Gasteiger partial charge on any atom is 0.264 e. The number of carbonyl (C=O) groups is 4. The topological polar surface area (TPSA) is 123 Å². The Kier molecular flexibility index (Phi) is 7.13. The summed E-state index contributed by atoms with van der Waals surface area (Å²) >= 11 is 0. The van der Waals surface area contributed by atoms with Gasteiger partial charge in [-0.1, -0.05) is 6.07 Å². The van der Waals surface area contributed by atoms with Gasteiger partial charge in [0.05, 0.1) is 30.9 Å². The van der Waals surface area contributed by atoms with Gasteiger partial charge in [0.15, 0.2) is 6.29 Å². The van der Waals surface area contributed by atoms with E-state index in [4.69, 9.17) is 14.2 Å². The molecule has 4 rings (SSSR count). The van der Waals surface area contributed by atoms with Gasteiger partial charge in [-0.3, -0.25) is 29.4 Å². The molecule has 2 N–H and O–H groups in total. The van der Waals surface area contributed by atoms with Gasteiger partial charge in [-0.2, -0.15) is 0 Å². The van der Waals surface area contributed by atoms with Gasteiger partial charge in [-0.25, -0.2) is 0 Å². The van der Waals surface area contributed by atoms with Gasteiger partial charge in [0.1, 0.15) is 6.04 Å². The lowest BCUT2D eigenvalue weighted by atomic mass is 10.0. The molecule has 0 aromatic heterocycles. The summed E-state index contributed by atoms with van der Waals surface area (Å²) in [5, 5.41) is 5.33. The standard InChI is InChI=1S/C22H27N3O7/c26-17-8-7-16(20(27)24-17)25-21(28)14-4-3-5-15(19(14)22(25)29)23-9-11-30-12-13-32-18-6-1-2-10-31-18/h3-5,16,18,23H,1-2,6-13H2,(H,24,26,27). The first-order chi connectivity index (χ1) is 15.6. The summed E-state index contributed by atoms with van der Waals surface area (Å²) in [7, 11) is 0. The molecule has 3 aliphatic rings. The summed E-state index contributed by atoms with van der Waals surface area (Å²) < 4.78 is 16.7. The van der Waals surface area contributed by atoms with Crippen molar-refractivity contribution >= 4 is 29.3 Å². The third-order valence-electron chi connectivity index (χ3n) is 5.70. The Labute approximate surface area is 185 Å². The first kappa shape index (κ1) is 22.4. The molecule has 3 heterocycles. The Morgan fingerprint density at radius 2 is 1.94 bits per heavy atom. The number of imide groups is 2. The number of ether oxygens (including phenoxy) is 3. The number of hydrogen-bond donors (Lipinski definition) is 2. The highest BCUT2D eigenvalue weighted by Crippen LogP contribution is 2.32. The SMILES string of the molecule is O=C1CCC(N2C(=O)c3cccc(NCCOCCOC4CCCCO4)c3C2=O)C(=O)N1. The predicted molar refractivity (Wildman–Crippen MR) is 112 cm³/mol. The van der Waals surface area contributed by atoms with Crippen LogP contribution in [0.15, 0.2) is 18.2 Å². The normalized spacial score (nSPS) is 23.3. The number of benzene rings is 1. The summed E-state index contributed by atoms with van der Waals surface area (Å²) in [5.41, 5.74) is 0.984. The van der Waals surface area contributed by atoms with Gasteiger partial charge in [0, 0.05) is 25.3 Å². The third-order valence-corrected chi connectivity index (χ3v) is 5.70. The molecule has 4 amide bonds. The molecule has 0 spiro atoms. The van der Waals surface area contributed by atoms with Crippen molar-refractivity contribution in [1.82, 2.24) is 10.2 Å². The van der Waals surface area contributed by atoms with Crippen LogP contribution in [0.2, 0.25) is 0 Å². The van der Waals surface area contributed by atoms with Crippen molar-refractivity contribution in [3.63, 3.8) is 0 Å². The highest BCUT2D eigenvalue weighted by Gasteiger charge is 2.45. The molecule has 1 aromatic rings. The van der Waals surface area contributed by atoms with E-state index in [2.05, 4.69) is 10.6 Å². The third kappa shape index (κ3) is 4.82. The summed E-state index contributed by atoms with van der Waals surface area (Å²) in [6.07, 6.45) is 3.16. The number of anilines is 1. The predicted octanol–water partition coefficient (Wildman–Crippen LogP) is 1.06. The molecule has 0 saturated carbocycles. The maximum absolute atomic E-state index is 13.0. The van der Waals surface area contributed by atoms with E-state index in [-0.39, 0.29) is 30.3 Å². The second-order valence-electron chi connectivity index (χ2n) is 7.88. The van der Waals surface area contributed by atoms with Crippen LogP contribution >= 0.6 is 0 Å². The Morgan fingerprint density at radius 3 is 2.72 bits per heavy atom. The zero-order valence-corrected chi connectivity index (χ0v) is 17.8. The molecular formula is C22H27N3O7. The average Bonchev–Trinajstić information content (AvgIpc) is 3.05. The minimum Gasteiger partial charge on any atom is -0.382 e. The molecule has 2 atom stereocenters. The van der Waals surface area contributed by atoms with Crippen LogP contribution in [0.3, 0.4) is 0 Å². The number of fused-ring (bicyclic) bond motifs is 1. The minimum absolute atomic E-state index is 0.0862. The number of rotatable bonds is 9. The zero-order chi connectivity index (χ0) is 22.5. The molecule has 1 aromatic carbocycles. The number of carbonyl (C=O) groups excluding carboxylic acids is 4. The molecule has 32 heavy (non-hydrogen) atoms. The number of amides is 4. The molecule has 172 valence electrons. The van der Waals surface area contributed by atoms with Gasteiger partial charge in [0.25, 0.3) is 11.8 Å². The van der Waals surface area contributed by atoms with Gasteiger partial charge in [0.2, 0.25) is 11.8 Å². The summed E-state index contributed by atoms with van der Waals surface area (Å²) in [4.78, 5) is 50.4. The molecular weight excluding hydrogens is 418 g/mol. The fraction of sp³-hybridized carbons (Fsp3) is 0.545. The summed E-state index contributed by atoms with van der Waals surface area (Å²) in [5.74, 6) is -2.09. The molecule has 10 nitrogen and oxygen atoms in total. The van der Waals surface area contributed by atoms with E-state index in [1.54, 1.807) is 18.2 Å². The van der Waals surface area contributed by atoms with Crippen molar-refractivity contribution in [3.8, 4) is 0 Å². The Morgan fingerprint density at radius 1 is 1.06 bits per heavy atom. The van der Waals surface area contributed by atoms with Crippen molar-refractivity contribution in [3.05, 3.63) is 29.3 Å². The van der Waals surface area contributed by atoms with Crippen LogP contribution in [-0.2, 0) is 23.8 Å². The lowest BCUT2D eigenvalue weighted by Crippen LogP contribution is -2.54. The second kappa shape index (κ2) is 10.2. The Bertz CT molecular complexity index is 898. The molecule has 10 heteroatoms. The number of piperidine rings is 1. The minimum atomic E-state index is -0.982. The Hall–Kier alpha value is -2.82.